The Morgan fingerprint density at radius 2 is 1.81 bits per heavy atom. The number of rotatable bonds is 9. The quantitative estimate of drug-likeness (QED) is 0.149. The molecule has 1 rings (SSSR count). The molecule has 6 heteroatoms. The molecule has 0 saturated heterocycles. The van der Waals surface area contributed by atoms with Crippen LogP contribution in [0.5, 0.6) is 11.5 Å². The first kappa shape index (κ1) is 18.8. The predicted molar refractivity (Wildman–Crippen MR) is 100.0 cm³/mol. The molecule has 0 unspecified atom stereocenters. The minimum absolute atomic E-state index is 0.00938. The highest BCUT2D eigenvalue weighted by atomic mass is 127. The highest BCUT2D eigenvalue weighted by Crippen LogP contribution is 2.31. The summed E-state index contributed by atoms with van der Waals surface area (Å²) >= 11 is 4.88. The number of aryl methyl sites for hydroxylation is 1. The van der Waals surface area contributed by atoms with Gasteiger partial charge in [-0.15, -0.1) is 0 Å². The Labute approximate surface area is 152 Å². The average Bonchev–Trinajstić information content (AvgIpc) is 2.40. The van der Waals surface area contributed by atoms with Gasteiger partial charge in [0.2, 0.25) is 0 Å². The van der Waals surface area contributed by atoms with Crippen molar-refractivity contribution >= 4 is 51.3 Å². The van der Waals surface area contributed by atoms with Gasteiger partial charge in [-0.3, -0.25) is 0 Å². The van der Waals surface area contributed by atoms with Crippen LogP contribution in [-0.4, -0.2) is 18.3 Å². The molecular weight excluding hydrogens is 498 g/mol. The van der Waals surface area contributed by atoms with E-state index in [0.29, 0.717) is 1.93 Å². The molecule has 0 fully saturated rings. The number of alkyl halides is 2. The molecule has 0 atom stereocenters. The molecule has 0 heterocycles. The lowest BCUT2D eigenvalue weighted by molar-refractivity contribution is 0.143. The smallest absolute Gasteiger partial charge is 0.504 e. The molecule has 0 aromatic heterocycles. The Balaban J connectivity index is 2.30. The molecule has 0 amide bonds. The molecule has 2 N–H and O–H groups in total. The van der Waals surface area contributed by atoms with Crippen LogP contribution < -0.4 is 4.74 Å². The van der Waals surface area contributed by atoms with Crippen molar-refractivity contribution in [2.45, 2.75) is 46.9 Å². The van der Waals surface area contributed by atoms with E-state index < -0.39 is 6.16 Å². The summed E-state index contributed by atoms with van der Waals surface area (Å²) in [6.45, 7) is 0. The van der Waals surface area contributed by atoms with Gasteiger partial charge in [0.05, 0.1) is 1.93 Å². The third-order valence-corrected chi connectivity index (χ3v) is 4.39. The molecule has 21 heavy (non-hydrogen) atoms. The van der Waals surface area contributed by atoms with Crippen molar-refractivity contribution in [3.8, 4) is 11.5 Å². The lowest BCUT2D eigenvalue weighted by atomic mass is 10.0. The molecular formula is C15H20I2O4. The summed E-state index contributed by atoms with van der Waals surface area (Å²) < 4.78 is 5.25. The van der Waals surface area contributed by atoms with E-state index in [9.17, 15) is 9.90 Å². The largest absolute Gasteiger partial charge is 0.511 e. The van der Waals surface area contributed by atoms with E-state index in [-0.39, 0.29) is 11.5 Å². The van der Waals surface area contributed by atoms with Crippen molar-refractivity contribution in [2.24, 2.45) is 0 Å². The van der Waals surface area contributed by atoms with Gasteiger partial charge in [-0.1, -0.05) is 83.0 Å². The number of ether oxygens (including phenoxy) is 1. The molecule has 0 saturated carbocycles. The fourth-order valence-corrected chi connectivity index (χ4v) is 2.97. The van der Waals surface area contributed by atoms with Crippen LogP contribution in [0.4, 0.5) is 4.79 Å². The van der Waals surface area contributed by atoms with E-state index >= 15 is 0 Å². The van der Waals surface area contributed by atoms with E-state index in [1.54, 1.807) is 12.1 Å². The lowest BCUT2D eigenvalue weighted by Gasteiger charge is -2.08. The van der Waals surface area contributed by atoms with Crippen molar-refractivity contribution in [3.05, 3.63) is 23.8 Å². The minimum Gasteiger partial charge on any atom is -0.504 e. The van der Waals surface area contributed by atoms with E-state index in [4.69, 9.17) is 5.11 Å². The Hall–Kier alpha value is -0.250. The van der Waals surface area contributed by atoms with Gasteiger partial charge in [-0.2, -0.15) is 0 Å². The Morgan fingerprint density at radius 3 is 2.48 bits per heavy atom. The second-order valence-electron chi connectivity index (χ2n) is 4.83. The molecule has 1 aromatic rings. The minimum atomic E-state index is -1.41. The monoisotopic (exact) mass is 518 g/mol. The van der Waals surface area contributed by atoms with Crippen LogP contribution in [0.1, 0.15) is 44.1 Å². The van der Waals surface area contributed by atoms with Crippen LogP contribution in [0.15, 0.2) is 18.2 Å². The number of para-hydroxylation sites is 1. The summed E-state index contributed by atoms with van der Waals surface area (Å²) in [6, 6.07) is 4.96. The first-order chi connectivity index (χ1) is 10.0. The number of carbonyl (C=O) groups is 1. The fraction of sp³-hybridized carbons (Fsp3) is 0.533. The van der Waals surface area contributed by atoms with Crippen molar-refractivity contribution in [1.29, 1.82) is 0 Å². The topological polar surface area (TPSA) is 66.8 Å². The molecule has 118 valence electrons. The van der Waals surface area contributed by atoms with Crippen LogP contribution >= 0.6 is 45.2 Å². The number of phenols is 1. The zero-order chi connectivity index (χ0) is 15.7. The summed E-state index contributed by atoms with van der Waals surface area (Å²) in [5.41, 5.74) is 0.744. The Kier molecular flexibility index (Phi) is 9.37. The maximum Gasteiger partial charge on any atom is 0.511 e. The summed E-state index contributed by atoms with van der Waals surface area (Å²) in [4.78, 5) is 10.5. The van der Waals surface area contributed by atoms with Gasteiger partial charge in [0.1, 0.15) is 0 Å². The Bertz CT molecular complexity index is 449. The van der Waals surface area contributed by atoms with Crippen LogP contribution in [0.2, 0.25) is 0 Å². The molecule has 0 radical (unpaired) electrons. The maximum atomic E-state index is 10.5. The second-order valence-corrected chi connectivity index (χ2v) is 10.2. The maximum absolute atomic E-state index is 10.5. The summed E-state index contributed by atoms with van der Waals surface area (Å²) in [7, 11) is 0. The number of benzene rings is 1. The van der Waals surface area contributed by atoms with Gasteiger partial charge in [0.15, 0.2) is 11.5 Å². The lowest BCUT2D eigenvalue weighted by Crippen LogP contribution is -2.03. The highest BCUT2D eigenvalue weighted by Gasteiger charge is 2.10. The number of halogens is 2. The first-order valence-corrected chi connectivity index (χ1v) is 9.49. The van der Waals surface area contributed by atoms with Gasteiger partial charge < -0.3 is 14.9 Å². The summed E-state index contributed by atoms with van der Waals surface area (Å²) in [6.07, 6.45) is 6.41. The number of carboxylic acid groups (broad SMARTS) is 1. The van der Waals surface area contributed by atoms with Crippen LogP contribution in [0.3, 0.4) is 0 Å². The van der Waals surface area contributed by atoms with Gasteiger partial charge in [0.25, 0.3) is 0 Å². The Morgan fingerprint density at radius 1 is 1.14 bits per heavy atom. The number of hydrogen-bond acceptors (Lipinski definition) is 3. The number of phenolic OH excluding ortho intramolecular Hbond substituents is 1. The van der Waals surface area contributed by atoms with Gasteiger partial charge in [0, 0.05) is 0 Å². The van der Waals surface area contributed by atoms with E-state index in [2.05, 4.69) is 49.9 Å². The highest BCUT2D eigenvalue weighted by molar-refractivity contribution is 14.2. The SMILES string of the molecule is O=C(O)Oc1cccc(CCCCCCCC(I)I)c1O. The van der Waals surface area contributed by atoms with Crippen molar-refractivity contribution in [3.63, 3.8) is 0 Å². The standard InChI is InChI=1S/C15H20I2O4/c16-13(17)10-5-3-1-2-4-7-11-8-6-9-12(14(11)18)21-15(19)20/h6,8-9,13,18H,1-5,7,10H2,(H,19,20). The number of unbranched alkanes of at least 4 members (excludes halogenated alkanes) is 4. The molecule has 1 aromatic carbocycles. The second kappa shape index (κ2) is 10.5. The molecule has 0 aliphatic heterocycles. The van der Waals surface area contributed by atoms with Crippen molar-refractivity contribution in [2.75, 3.05) is 0 Å². The zero-order valence-corrected chi connectivity index (χ0v) is 16.0. The van der Waals surface area contributed by atoms with Crippen LogP contribution in [-0.2, 0) is 6.42 Å². The third kappa shape index (κ3) is 8.08. The number of hydrogen-bond donors (Lipinski definition) is 2. The number of aromatic hydroxyl groups is 1. The summed E-state index contributed by atoms with van der Waals surface area (Å²) in [5, 5.41) is 18.5. The summed E-state index contributed by atoms with van der Waals surface area (Å²) in [5.74, 6) is -0.0484. The van der Waals surface area contributed by atoms with Gasteiger partial charge in [-0.05, 0) is 30.9 Å². The van der Waals surface area contributed by atoms with E-state index in [1.165, 1.54) is 31.7 Å². The van der Waals surface area contributed by atoms with Crippen molar-refractivity contribution < 1.29 is 19.7 Å². The molecule has 0 bridgehead atoms. The first-order valence-electron chi connectivity index (χ1n) is 7.00. The van der Waals surface area contributed by atoms with Crippen LogP contribution in [0.25, 0.3) is 0 Å². The molecule has 0 aliphatic carbocycles. The van der Waals surface area contributed by atoms with E-state index in [1.807, 2.05) is 0 Å². The molecule has 0 spiro atoms. The molecule has 4 nitrogen and oxygen atoms in total. The zero-order valence-electron chi connectivity index (χ0n) is 11.7. The van der Waals surface area contributed by atoms with Crippen LogP contribution in [0, 0.1) is 0 Å². The van der Waals surface area contributed by atoms with E-state index in [0.717, 1.165) is 24.8 Å². The average molecular weight is 518 g/mol. The predicted octanol–water partition coefficient (Wildman–Crippen LogP) is 5.53. The normalized spacial score (nSPS) is 10.8. The van der Waals surface area contributed by atoms with Gasteiger partial charge in [-0.25, -0.2) is 4.79 Å². The van der Waals surface area contributed by atoms with Gasteiger partial charge >= 0.3 is 6.16 Å². The third-order valence-electron chi connectivity index (χ3n) is 3.15. The molecule has 0 aliphatic rings. The fourth-order valence-electron chi connectivity index (χ4n) is 2.09. The van der Waals surface area contributed by atoms with Crippen molar-refractivity contribution in [1.82, 2.24) is 0 Å².